The second-order valence-electron chi connectivity index (χ2n) is 10.3. The number of carbonyl (C=O) groups excluding carboxylic acids is 2. The van der Waals surface area contributed by atoms with E-state index in [0.717, 1.165) is 55.4 Å². The number of rotatable bonds is 8. The number of hydrogen-bond acceptors (Lipinski definition) is 9. The van der Waals surface area contributed by atoms with Crippen molar-refractivity contribution in [1.29, 1.82) is 0 Å². The maximum Gasteiger partial charge on any atom is 0.251 e. The number of benzene rings is 2. The largest absolute Gasteiger partial charge is 0.497 e. The normalized spacial score (nSPS) is 18.8. The Bertz CT molecular complexity index is 1440. The fourth-order valence-corrected chi connectivity index (χ4v) is 5.40. The van der Waals surface area contributed by atoms with E-state index in [2.05, 4.69) is 31.2 Å². The highest BCUT2D eigenvalue weighted by Crippen LogP contribution is 2.25. The molecular weight excluding hydrogens is 558 g/mol. The number of hydrogen-bond donors (Lipinski definition) is 6. The number of aromatic nitrogens is 1. The molecule has 226 valence electrons. The van der Waals surface area contributed by atoms with Crippen molar-refractivity contribution < 1.29 is 22.7 Å². The number of nitrogens with two attached hydrogens (primary N) is 1. The van der Waals surface area contributed by atoms with Gasteiger partial charge in [-0.15, -0.1) is 0 Å². The molecule has 2 aliphatic rings. The predicted octanol–water partition coefficient (Wildman–Crippen LogP) is 1.60. The van der Waals surface area contributed by atoms with E-state index in [0.29, 0.717) is 23.5 Å². The third-order valence-electron chi connectivity index (χ3n) is 7.07. The van der Waals surface area contributed by atoms with Crippen LogP contribution >= 0.6 is 0 Å². The van der Waals surface area contributed by atoms with Crippen LogP contribution in [0.5, 0.6) is 5.75 Å². The number of nitrogens with one attached hydrogen (secondary N) is 5. The molecule has 7 N–H and O–H groups in total. The van der Waals surface area contributed by atoms with E-state index in [1.165, 1.54) is 6.26 Å². The van der Waals surface area contributed by atoms with Crippen LogP contribution in [0.1, 0.15) is 23.2 Å². The van der Waals surface area contributed by atoms with Gasteiger partial charge in [-0.3, -0.25) is 9.59 Å². The second-order valence-corrected chi connectivity index (χ2v) is 12.3. The topological polar surface area (TPSA) is 171 Å². The van der Waals surface area contributed by atoms with E-state index < -0.39 is 9.84 Å². The molecule has 0 radical (unpaired) electrons. The lowest BCUT2D eigenvalue weighted by Crippen LogP contribution is -2.54. The molecule has 5 rings (SSSR count). The first kappa shape index (κ1) is 30.9. The van der Waals surface area contributed by atoms with Gasteiger partial charge in [0.15, 0.2) is 9.84 Å². The average Bonchev–Trinajstić information content (AvgIpc) is 3.46. The lowest BCUT2D eigenvalue weighted by atomic mass is 10.0. The summed E-state index contributed by atoms with van der Waals surface area (Å²) >= 11 is 0. The molecule has 2 aliphatic heterocycles. The van der Waals surface area contributed by atoms with Crippen LogP contribution < -0.4 is 36.6 Å². The Balaban J connectivity index is 0.000000385. The van der Waals surface area contributed by atoms with Gasteiger partial charge in [-0.25, -0.2) is 8.42 Å². The number of ether oxygens (including phenoxy) is 1. The van der Waals surface area contributed by atoms with Gasteiger partial charge in [0.2, 0.25) is 5.91 Å². The zero-order valence-electron chi connectivity index (χ0n) is 23.9. The fourth-order valence-electron chi connectivity index (χ4n) is 4.77. The number of amides is 2. The molecule has 3 heterocycles. The van der Waals surface area contributed by atoms with Crippen LogP contribution in [-0.4, -0.2) is 83.4 Å². The minimum atomic E-state index is -3.21. The zero-order valence-corrected chi connectivity index (χ0v) is 24.7. The lowest BCUT2D eigenvalue weighted by Gasteiger charge is -2.33. The van der Waals surface area contributed by atoms with E-state index in [-0.39, 0.29) is 23.9 Å². The summed E-state index contributed by atoms with van der Waals surface area (Å²) in [4.78, 5) is 28.9. The van der Waals surface area contributed by atoms with E-state index in [9.17, 15) is 18.0 Å². The number of anilines is 3. The molecule has 0 aliphatic carbocycles. The zero-order chi connectivity index (χ0) is 30.1. The van der Waals surface area contributed by atoms with Crippen molar-refractivity contribution in [3.63, 3.8) is 0 Å². The van der Waals surface area contributed by atoms with Crippen LogP contribution in [0.3, 0.4) is 0 Å². The molecule has 3 aromatic rings. The highest BCUT2D eigenvalue weighted by atomic mass is 32.2. The molecule has 2 atom stereocenters. The van der Waals surface area contributed by atoms with Gasteiger partial charge < -0.3 is 41.6 Å². The number of nitrogens with zero attached hydrogens (tertiary/aromatic N) is 1. The van der Waals surface area contributed by atoms with Crippen LogP contribution in [0, 0.1) is 0 Å². The number of primary amides is 1. The highest BCUT2D eigenvalue weighted by Gasteiger charge is 2.23. The summed E-state index contributed by atoms with van der Waals surface area (Å²) in [6.45, 7) is 4.02. The summed E-state index contributed by atoms with van der Waals surface area (Å²) < 4.78 is 28.4. The Hall–Kier alpha value is -4.07. The van der Waals surface area contributed by atoms with Crippen molar-refractivity contribution in [3.05, 3.63) is 66.4 Å². The number of aromatic amines is 1. The molecule has 2 fully saturated rings. The van der Waals surface area contributed by atoms with Gasteiger partial charge >= 0.3 is 0 Å². The van der Waals surface area contributed by atoms with Crippen LogP contribution in [-0.2, 0) is 14.6 Å². The first-order chi connectivity index (χ1) is 20.1. The van der Waals surface area contributed by atoms with Gasteiger partial charge in [0.1, 0.15) is 11.6 Å². The van der Waals surface area contributed by atoms with E-state index in [1.807, 2.05) is 12.3 Å². The highest BCUT2D eigenvalue weighted by molar-refractivity contribution is 7.90. The smallest absolute Gasteiger partial charge is 0.251 e. The molecule has 1 unspecified atom stereocenters. The average molecular weight is 598 g/mol. The van der Waals surface area contributed by atoms with Crippen LogP contribution in [0.2, 0.25) is 0 Å². The molecule has 1 aromatic heterocycles. The monoisotopic (exact) mass is 597 g/mol. The van der Waals surface area contributed by atoms with Gasteiger partial charge in [0.25, 0.3) is 5.91 Å². The molecule has 0 bridgehead atoms. The van der Waals surface area contributed by atoms with Crippen molar-refractivity contribution in [2.24, 2.45) is 5.73 Å². The summed E-state index contributed by atoms with van der Waals surface area (Å²) in [6.07, 6.45) is 4.97. The minimum Gasteiger partial charge on any atom is -0.497 e. The molecule has 42 heavy (non-hydrogen) atoms. The van der Waals surface area contributed by atoms with Gasteiger partial charge in [-0.1, -0.05) is 0 Å². The predicted molar refractivity (Wildman–Crippen MR) is 163 cm³/mol. The van der Waals surface area contributed by atoms with E-state index in [1.54, 1.807) is 55.6 Å². The van der Waals surface area contributed by atoms with Crippen LogP contribution in [0.25, 0.3) is 0 Å². The van der Waals surface area contributed by atoms with Gasteiger partial charge in [0, 0.05) is 68.5 Å². The third-order valence-corrected chi connectivity index (χ3v) is 8.20. The quantitative estimate of drug-likeness (QED) is 0.226. The maximum absolute atomic E-state index is 12.6. The second kappa shape index (κ2) is 14.2. The molecular formula is C29H39N7O5S. The Labute approximate surface area is 246 Å². The van der Waals surface area contributed by atoms with Crippen molar-refractivity contribution in [2.75, 3.05) is 56.3 Å². The van der Waals surface area contributed by atoms with Crippen molar-refractivity contribution >= 4 is 38.8 Å². The van der Waals surface area contributed by atoms with Gasteiger partial charge in [0.05, 0.1) is 23.7 Å². The molecule has 12 nitrogen and oxygen atoms in total. The maximum atomic E-state index is 12.6. The molecule has 13 heteroatoms. The summed E-state index contributed by atoms with van der Waals surface area (Å²) in [5.41, 5.74) is 7.32. The van der Waals surface area contributed by atoms with Crippen LogP contribution in [0.15, 0.2) is 65.7 Å². The standard InChI is InChI=1S/C24H28N4O4S.C5H11N3O/c1-32-21-9-5-17(6-10-21)24(29)27-19-4-3-13-28(16-19)23-14-20(15-25-23)26-18-7-11-22(12-8-18)33(2,30)31;6-5(9)4-3-7-1-2-8-4/h5-12,14-15,19,25-26H,3-4,13,16H2,1-2H3,(H,27,29);4,7-8H,1-3H2,(H2,6,9)/t19-;/m1./s1. The van der Waals surface area contributed by atoms with Crippen molar-refractivity contribution in [3.8, 4) is 5.75 Å². The SMILES string of the molecule is COc1ccc(C(=O)N[C@@H]2CCCN(c3cc(Nc4ccc(S(C)(=O)=O)cc4)c[nH]3)C2)cc1.NC(=O)C1CNCCN1. The minimum absolute atomic E-state index is 0.0524. The van der Waals surface area contributed by atoms with Crippen LogP contribution in [0.4, 0.5) is 17.2 Å². The molecule has 0 saturated carbocycles. The van der Waals surface area contributed by atoms with Gasteiger partial charge in [-0.2, -0.15) is 0 Å². The Morgan fingerprint density at radius 1 is 1.05 bits per heavy atom. The number of H-pyrrole nitrogens is 1. The third kappa shape index (κ3) is 8.71. The molecule has 2 amide bonds. The van der Waals surface area contributed by atoms with E-state index in [4.69, 9.17) is 10.5 Å². The number of piperidine rings is 1. The first-order valence-electron chi connectivity index (χ1n) is 13.8. The Kier molecular flexibility index (Phi) is 10.4. The number of piperazine rings is 1. The first-order valence-corrected chi connectivity index (χ1v) is 15.7. The summed E-state index contributed by atoms with van der Waals surface area (Å²) in [6, 6.07) is 15.7. The summed E-state index contributed by atoms with van der Waals surface area (Å²) in [5.74, 6) is 1.32. The number of carbonyl (C=O) groups is 2. The summed E-state index contributed by atoms with van der Waals surface area (Å²) in [7, 11) is -1.61. The van der Waals surface area contributed by atoms with Gasteiger partial charge in [-0.05, 0) is 61.4 Å². The summed E-state index contributed by atoms with van der Waals surface area (Å²) in [5, 5.41) is 12.5. The lowest BCUT2D eigenvalue weighted by molar-refractivity contribution is -0.120. The van der Waals surface area contributed by atoms with E-state index >= 15 is 0 Å². The molecule has 2 saturated heterocycles. The Morgan fingerprint density at radius 2 is 1.79 bits per heavy atom. The van der Waals surface area contributed by atoms with Crippen molar-refractivity contribution in [1.82, 2.24) is 20.9 Å². The van der Waals surface area contributed by atoms with Crippen molar-refractivity contribution in [2.45, 2.75) is 29.8 Å². The number of sulfone groups is 1. The number of methoxy groups -OCH3 is 1. The fraction of sp³-hybridized carbons (Fsp3) is 0.379. The molecule has 0 spiro atoms. The Morgan fingerprint density at radius 3 is 2.38 bits per heavy atom. The molecule has 2 aromatic carbocycles.